The van der Waals surface area contributed by atoms with Crippen molar-refractivity contribution in [2.24, 2.45) is 0 Å². The molecule has 0 spiro atoms. The number of hydrogen-bond acceptors (Lipinski definition) is 2. The van der Waals surface area contributed by atoms with Gasteiger partial charge in [-0.2, -0.15) is 0 Å². The molecule has 0 aliphatic rings. The molecule has 3 heteroatoms. The van der Waals surface area contributed by atoms with Gasteiger partial charge in [0, 0.05) is 5.56 Å². The summed E-state index contributed by atoms with van der Waals surface area (Å²) in [6.45, 7) is 0. The molecule has 0 saturated carbocycles. The third-order valence-corrected chi connectivity index (χ3v) is 2.14. The topological polar surface area (TPSA) is 50.4 Å². The SMILES string of the molecule is O=C(O)c1occc1/C=C/c1ccccc1. The maximum absolute atomic E-state index is 10.8. The second-order valence-corrected chi connectivity index (χ2v) is 3.25. The van der Waals surface area contributed by atoms with E-state index < -0.39 is 5.97 Å². The highest BCUT2D eigenvalue weighted by Crippen LogP contribution is 2.14. The van der Waals surface area contributed by atoms with Gasteiger partial charge in [0.15, 0.2) is 0 Å². The predicted octanol–water partition coefficient (Wildman–Crippen LogP) is 3.15. The van der Waals surface area contributed by atoms with E-state index in [9.17, 15) is 4.79 Å². The van der Waals surface area contributed by atoms with Gasteiger partial charge in [0.05, 0.1) is 6.26 Å². The fourth-order valence-corrected chi connectivity index (χ4v) is 1.37. The van der Waals surface area contributed by atoms with Crippen molar-refractivity contribution >= 4 is 18.1 Å². The van der Waals surface area contributed by atoms with Gasteiger partial charge in [-0.1, -0.05) is 42.5 Å². The van der Waals surface area contributed by atoms with Gasteiger partial charge >= 0.3 is 5.97 Å². The first-order valence-electron chi connectivity index (χ1n) is 4.81. The normalized spacial score (nSPS) is 10.8. The van der Waals surface area contributed by atoms with E-state index in [0.29, 0.717) is 5.56 Å². The Hall–Kier alpha value is -2.29. The minimum atomic E-state index is -1.06. The fraction of sp³-hybridized carbons (Fsp3) is 0. The molecule has 2 aromatic rings. The molecule has 0 radical (unpaired) electrons. The Morgan fingerprint density at radius 3 is 2.56 bits per heavy atom. The van der Waals surface area contributed by atoms with Crippen molar-refractivity contribution in [3.05, 3.63) is 59.5 Å². The highest BCUT2D eigenvalue weighted by atomic mass is 16.4. The minimum Gasteiger partial charge on any atom is -0.475 e. The van der Waals surface area contributed by atoms with Crippen LogP contribution in [0.5, 0.6) is 0 Å². The summed E-state index contributed by atoms with van der Waals surface area (Å²) < 4.78 is 4.86. The zero-order chi connectivity index (χ0) is 11.4. The van der Waals surface area contributed by atoms with Gasteiger partial charge in [-0.05, 0) is 11.6 Å². The van der Waals surface area contributed by atoms with Gasteiger partial charge in [-0.15, -0.1) is 0 Å². The van der Waals surface area contributed by atoms with Crippen LogP contribution in [0.15, 0.2) is 47.1 Å². The lowest BCUT2D eigenvalue weighted by molar-refractivity contribution is 0.0662. The quantitative estimate of drug-likeness (QED) is 0.853. The van der Waals surface area contributed by atoms with Crippen LogP contribution in [-0.2, 0) is 0 Å². The van der Waals surface area contributed by atoms with Gasteiger partial charge in [-0.3, -0.25) is 0 Å². The minimum absolute atomic E-state index is 0.0350. The molecule has 0 aliphatic heterocycles. The van der Waals surface area contributed by atoms with Gasteiger partial charge < -0.3 is 9.52 Å². The van der Waals surface area contributed by atoms with Gasteiger partial charge in [-0.25, -0.2) is 4.79 Å². The van der Waals surface area contributed by atoms with Crippen molar-refractivity contribution in [3.63, 3.8) is 0 Å². The van der Waals surface area contributed by atoms with Gasteiger partial charge in [0.1, 0.15) is 0 Å². The number of rotatable bonds is 3. The number of carboxylic acids is 1. The molecule has 0 aliphatic carbocycles. The Morgan fingerprint density at radius 2 is 1.88 bits per heavy atom. The summed E-state index contributed by atoms with van der Waals surface area (Å²) in [6.07, 6.45) is 4.94. The monoisotopic (exact) mass is 214 g/mol. The van der Waals surface area contributed by atoms with Crippen LogP contribution in [0.1, 0.15) is 21.7 Å². The molecule has 16 heavy (non-hydrogen) atoms. The third-order valence-electron chi connectivity index (χ3n) is 2.14. The van der Waals surface area contributed by atoms with Crippen LogP contribution in [0.4, 0.5) is 0 Å². The average Bonchev–Trinajstić information content (AvgIpc) is 2.76. The van der Waals surface area contributed by atoms with Gasteiger partial charge in [0.25, 0.3) is 0 Å². The molecule has 1 aromatic heterocycles. The fourth-order valence-electron chi connectivity index (χ4n) is 1.37. The molecule has 3 nitrogen and oxygen atoms in total. The Morgan fingerprint density at radius 1 is 1.12 bits per heavy atom. The van der Waals surface area contributed by atoms with Crippen LogP contribution in [0.3, 0.4) is 0 Å². The van der Waals surface area contributed by atoms with Crippen molar-refractivity contribution in [1.29, 1.82) is 0 Å². The summed E-state index contributed by atoms with van der Waals surface area (Å²) in [4.78, 5) is 10.8. The summed E-state index contributed by atoms with van der Waals surface area (Å²) in [7, 11) is 0. The summed E-state index contributed by atoms with van der Waals surface area (Å²) in [6, 6.07) is 11.3. The van der Waals surface area contributed by atoms with Gasteiger partial charge in [0.2, 0.25) is 5.76 Å². The van der Waals surface area contributed by atoms with E-state index in [0.717, 1.165) is 5.56 Å². The second kappa shape index (κ2) is 4.49. The van der Waals surface area contributed by atoms with E-state index in [2.05, 4.69) is 0 Å². The first kappa shape index (κ1) is 10.2. The van der Waals surface area contributed by atoms with E-state index >= 15 is 0 Å². The number of furan rings is 1. The zero-order valence-electron chi connectivity index (χ0n) is 8.46. The molecule has 1 aromatic carbocycles. The first-order chi connectivity index (χ1) is 7.77. The van der Waals surface area contributed by atoms with Crippen LogP contribution >= 0.6 is 0 Å². The molecular weight excluding hydrogens is 204 g/mol. The molecule has 80 valence electrons. The van der Waals surface area contributed by atoms with E-state index in [1.54, 1.807) is 12.1 Å². The van der Waals surface area contributed by atoms with E-state index in [4.69, 9.17) is 9.52 Å². The molecular formula is C13H10O3. The highest BCUT2D eigenvalue weighted by Gasteiger charge is 2.10. The molecule has 0 fully saturated rings. The summed E-state index contributed by atoms with van der Waals surface area (Å²) in [5, 5.41) is 8.82. The molecule has 0 unspecified atom stereocenters. The van der Waals surface area contributed by atoms with Crippen LogP contribution in [0, 0.1) is 0 Å². The number of hydrogen-bond donors (Lipinski definition) is 1. The maximum atomic E-state index is 10.8. The van der Waals surface area contributed by atoms with E-state index in [1.807, 2.05) is 36.4 Å². The highest BCUT2D eigenvalue weighted by molar-refractivity contribution is 5.90. The summed E-state index contributed by atoms with van der Waals surface area (Å²) in [5.74, 6) is -1.09. The molecule has 1 heterocycles. The van der Waals surface area contributed by atoms with E-state index in [1.165, 1.54) is 6.26 Å². The molecule has 2 rings (SSSR count). The largest absolute Gasteiger partial charge is 0.475 e. The Labute approximate surface area is 92.6 Å². The second-order valence-electron chi connectivity index (χ2n) is 3.25. The summed E-state index contributed by atoms with van der Waals surface area (Å²) >= 11 is 0. The summed E-state index contributed by atoms with van der Waals surface area (Å²) in [5.41, 5.74) is 1.58. The van der Waals surface area contributed by atoms with Crippen molar-refractivity contribution in [3.8, 4) is 0 Å². The number of benzene rings is 1. The van der Waals surface area contributed by atoms with Crippen molar-refractivity contribution < 1.29 is 14.3 Å². The molecule has 0 amide bonds. The number of aromatic carboxylic acids is 1. The number of carbonyl (C=O) groups is 1. The lowest BCUT2D eigenvalue weighted by Crippen LogP contribution is -1.95. The molecule has 0 bridgehead atoms. The smallest absolute Gasteiger partial charge is 0.372 e. The maximum Gasteiger partial charge on any atom is 0.372 e. The lowest BCUT2D eigenvalue weighted by Gasteiger charge is -1.92. The van der Waals surface area contributed by atoms with Crippen molar-refractivity contribution in [2.75, 3.05) is 0 Å². The van der Waals surface area contributed by atoms with Crippen LogP contribution < -0.4 is 0 Å². The average molecular weight is 214 g/mol. The van der Waals surface area contributed by atoms with Crippen LogP contribution in [0.25, 0.3) is 12.2 Å². The standard InChI is InChI=1S/C13H10O3/c14-13(15)12-11(8-9-16-12)7-6-10-4-2-1-3-5-10/h1-9H,(H,14,15)/b7-6+. The number of carboxylic acid groups (broad SMARTS) is 1. The van der Waals surface area contributed by atoms with Crippen LogP contribution in [-0.4, -0.2) is 11.1 Å². The Balaban J connectivity index is 2.24. The predicted molar refractivity (Wildman–Crippen MR) is 61.0 cm³/mol. The van der Waals surface area contributed by atoms with Crippen molar-refractivity contribution in [1.82, 2.24) is 0 Å². The Kier molecular flexibility index (Phi) is 2.87. The first-order valence-corrected chi connectivity index (χ1v) is 4.81. The third kappa shape index (κ3) is 2.20. The van der Waals surface area contributed by atoms with Crippen LogP contribution in [0.2, 0.25) is 0 Å². The zero-order valence-corrected chi connectivity index (χ0v) is 8.46. The molecule has 0 saturated heterocycles. The molecule has 1 N–H and O–H groups in total. The van der Waals surface area contributed by atoms with Crippen molar-refractivity contribution in [2.45, 2.75) is 0 Å². The lowest BCUT2D eigenvalue weighted by atomic mass is 10.1. The Bertz CT molecular complexity index is 509. The molecule has 0 atom stereocenters. The van der Waals surface area contributed by atoms with E-state index in [-0.39, 0.29) is 5.76 Å².